The van der Waals surface area contributed by atoms with Crippen LogP contribution in [0.3, 0.4) is 0 Å². The van der Waals surface area contributed by atoms with Crippen LogP contribution in [-0.4, -0.2) is 7.11 Å². The van der Waals surface area contributed by atoms with Gasteiger partial charge in [0, 0.05) is 13.5 Å². The Morgan fingerprint density at radius 1 is 0.889 bits per heavy atom. The highest BCUT2D eigenvalue weighted by atomic mass is 16.5. The Morgan fingerprint density at radius 2 is 1.56 bits per heavy atom. The first kappa shape index (κ1) is 11.2. The first-order valence-corrected chi connectivity index (χ1v) is 6.26. The van der Waals surface area contributed by atoms with Crippen LogP contribution in [0.4, 0.5) is 0 Å². The van der Waals surface area contributed by atoms with Gasteiger partial charge in [-0.25, -0.2) is 0 Å². The average Bonchev–Trinajstić information content (AvgIpc) is 2.41. The van der Waals surface area contributed by atoms with E-state index in [4.69, 9.17) is 4.74 Å². The Hall–Kier alpha value is -1.86. The van der Waals surface area contributed by atoms with Crippen molar-refractivity contribution in [1.29, 1.82) is 0 Å². The van der Waals surface area contributed by atoms with Crippen molar-refractivity contribution < 1.29 is 4.74 Å². The molecule has 0 amide bonds. The summed E-state index contributed by atoms with van der Waals surface area (Å²) in [6, 6.07) is 17.0. The molecule has 0 saturated carbocycles. The van der Waals surface area contributed by atoms with Gasteiger partial charge < -0.3 is 4.74 Å². The van der Waals surface area contributed by atoms with Crippen LogP contribution in [0.5, 0.6) is 0 Å². The van der Waals surface area contributed by atoms with E-state index >= 15 is 0 Å². The molecule has 1 aliphatic rings. The fourth-order valence-electron chi connectivity index (χ4n) is 2.54. The summed E-state index contributed by atoms with van der Waals surface area (Å²) in [6.07, 6.45) is 5.43. The van der Waals surface area contributed by atoms with Crippen LogP contribution in [0.2, 0.25) is 0 Å². The van der Waals surface area contributed by atoms with Crippen LogP contribution in [0.1, 0.15) is 28.4 Å². The van der Waals surface area contributed by atoms with E-state index in [0.717, 1.165) is 6.42 Å². The van der Waals surface area contributed by atoms with Crippen LogP contribution in [0.25, 0.3) is 12.2 Å². The predicted octanol–water partition coefficient (Wildman–Crippen LogP) is 4.10. The van der Waals surface area contributed by atoms with Crippen molar-refractivity contribution >= 4 is 12.2 Å². The van der Waals surface area contributed by atoms with E-state index in [9.17, 15) is 0 Å². The van der Waals surface area contributed by atoms with Gasteiger partial charge in [0.15, 0.2) is 0 Å². The van der Waals surface area contributed by atoms with Crippen LogP contribution in [0.15, 0.2) is 48.5 Å². The second-order valence-electron chi connectivity index (χ2n) is 4.59. The van der Waals surface area contributed by atoms with Crippen LogP contribution >= 0.6 is 0 Å². The summed E-state index contributed by atoms with van der Waals surface area (Å²) in [5.41, 5.74) is 5.15. The largest absolute Gasteiger partial charge is 0.376 e. The number of hydrogen-bond donors (Lipinski definition) is 0. The first-order valence-electron chi connectivity index (χ1n) is 6.26. The lowest BCUT2D eigenvalue weighted by Gasteiger charge is -2.21. The minimum atomic E-state index is 0.132. The maximum atomic E-state index is 5.68. The predicted molar refractivity (Wildman–Crippen MR) is 75.3 cm³/mol. The van der Waals surface area contributed by atoms with E-state index in [2.05, 4.69) is 60.7 Å². The van der Waals surface area contributed by atoms with Gasteiger partial charge in [0.05, 0.1) is 6.10 Å². The minimum absolute atomic E-state index is 0.132. The normalized spacial score (nSPS) is 19.3. The molecule has 1 atom stereocenters. The molecule has 2 aromatic carbocycles. The fourth-order valence-corrected chi connectivity index (χ4v) is 2.54. The van der Waals surface area contributed by atoms with E-state index < -0.39 is 0 Å². The number of hydrogen-bond acceptors (Lipinski definition) is 1. The van der Waals surface area contributed by atoms with Gasteiger partial charge in [-0.15, -0.1) is 0 Å². The molecule has 3 rings (SSSR count). The van der Waals surface area contributed by atoms with Crippen molar-refractivity contribution in [3.8, 4) is 0 Å². The highest BCUT2D eigenvalue weighted by Gasteiger charge is 2.17. The first-order chi connectivity index (χ1) is 8.88. The van der Waals surface area contributed by atoms with Gasteiger partial charge >= 0.3 is 0 Å². The van der Waals surface area contributed by atoms with Gasteiger partial charge in [-0.2, -0.15) is 0 Å². The molecule has 0 N–H and O–H groups in total. The van der Waals surface area contributed by atoms with Gasteiger partial charge in [0.2, 0.25) is 0 Å². The smallest absolute Gasteiger partial charge is 0.0867 e. The summed E-state index contributed by atoms with van der Waals surface area (Å²) < 4.78 is 5.68. The molecule has 0 fully saturated rings. The van der Waals surface area contributed by atoms with Crippen LogP contribution < -0.4 is 0 Å². The summed E-state index contributed by atoms with van der Waals surface area (Å²) in [5.74, 6) is 0. The molecule has 1 nitrogen and oxygen atoms in total. The number of fused-ring (bicyclic) bond motifs is 2. The molecule has 1 unspecified atom stereocenters. The molecule has 0 heterocycles. The molecular weight excluding hydrogens is 220 g/mol. The van der Waals surface area contributed by atoms with Gasteiger partial charge in [-0.1, -0.05) is 60.7 Å². The summed E-state index contributed by atoms with van der Waals surface area (Å²) in [7, 11) is 1.79. The fraction of sp³-hybridized carbons (Fsp3) is 0.176. The Kier molecular flexibility index (Phi) is 2.99. The molecule has 18 heavy (non-hydrogen) atoms. The van der Waals surface area contributed by atoms with E-state index in [1.165, 1.54) is 22.3 Å². The number of benzene rings is 2. The van der Waals surface area contributed by atoms with Crippen molar-refractivity contribution in [3.05, 3.63) is 70.8 Å². The van der Waals surface area contributed by atoms with Crippen LogP contribution in [-0.2, 0) is 11.2 Å². The van der Waals surface area contributed by atoms with E-state index in [1.54, 1.807) is 7.11 Å². The minimum Gasteiger partial charge on any atom is -0.376 e. The summed E-state index contributed by atoms with van der Waals surface area (Å²) in [5, 5.41) is 0. The lowest BCUT2D eigenvalue weighted by molar-refractivity contribution is 0.103. The van der Waals surface area contributed by atoms with Crippen molar-refractivity contribution in [2.24, 2.45) is 0 Å². The standard InChI is InChI=1S/C17H16O/c1-18-17-12-15-8-3-2-6-13(15)10-11-14-7-4-5-9-16(14)17/h2-11,17H,12H2,1H3/b11-10-. The molecule has 0 saturated heterocycles. The SMILES string of the molecule is COC1Cc2ccccc2/C=C\c2ccccc21. The van der Waals surface area contributed by atoms with Gasteiger partial charge in [-0.3, -0.25) is 0 Å². The molecule has 0 radical (unpaired) electrons. The third-order valence-electron chi connectivity index (χ3n) is 3.53. The molecule has 1 aliphatic carbocycles. The average molecular weight is 236 g/mol. The van der Waals surface area contributed by atoms with Crippen molar-refractivity contribution in [2.75, 3.05) is 7.11 Å². The molecule has 0 bridgehead atoms. The second-order valence-corrected chi connectivity index (χ2v) is 4.59. The van der Waals surface area contributed by atoms with E-state index in [-0.39, 0.29) is 6.10 Å². The Balaban J connectivity index is 2.15. The third kappa shape index (κ3) is 1.98. The summed E-state index contributed by atoms with van der Waals surface area (Å²) in [6.45, 7) is 0. The van der Waals surface area contributed by atoms with Crippen molar-refractivity contribution in [3.63, 3.8) is 0 Å². The van der Waals surface area contributed by atoms with E-state index in [0.29, 0.717) is 0 Å². The Morgan fingerprint density at radius 3 is 2.39 bits per heavy atom. The topological polar surface area (TPSA) is 9.23 Å². The maximum Gasteiger partial charge on any atom is 0.0867 e. The zero-order valence-electron chi connectivity index (χ0n) is 10.5. The summed E-state index contributed by atoms with van der Waals surface area (Å²) >= 11 is 0. The second kappa shape index (κ2) is 4.79. The van der Waals surface area contributed by atoms with Gasteiger partial charge in [-0.05, 0) is 22.3 Å². The molecular formula is C17H16O. The van der Waals surface area contributed by atoms with Gasteiger partial charge in [0.25, 0.3) is 0 Å². The highest BCUT2D eigenvalue weighted by molar-refractivity contribution is 5.73. The quantitative estimate of drug-likeness (QED) is 0.724. The number of rotatable bonds is 1. The molecule has 1 heteroatoms. The van der Waals surface area contributed by atoms with Crippen LogP contribution in [0, 0.1) is 0 Å². The van der Waals surface area contributed by atoms with E-state index in [1.807, 2.05) is 0 Å². The molecule has 0 spiro atoms. The Labute approximate surface area is 108 Å². The molecule has 2 aromatic rings. The lowest BCUT2D eigenvalue weighted by atomic mass is 9.91. The highest BCUT2D eigenvalue weighted by Crippen LogP contribution is 2.30. The molecule has 0 aromatic heterocycles. The lowest BCUT2D eigenvalue weighted by Crippen LogP contribution is -2.09. The maximum absolute atomic E-state index is 5.68. The zero-order valence-corrected chi connectivity index (χ0v) is 10.5. The molecule has 0 aliphatic heterocycles. The van der Waals surface area contributed by atoms with Crippen molar-refractivity contribution in [2.45, 2.75) is 12.5 Å². The number of ether oxygens (including phenoxy) is 1. The van der Waals surface area contributed by atoms with Crippen molar-refractivity contribution in [1.82, 2.24) is 0 Å². The monoisotopic (exact) mass is 236 g/mol. The summed E-state index contributed by atoms with van der Waals surface area (Å²) in [4.78, 5) is 0. The molecule has 90 valence electrons. The zero-order chi connectivity index (χ0) is 12.4. The number of methoxy groups -OCH3 is 1. The van der Waals surface area contributed by atoms with Gasteiger partial charge in [0.1, 0.15) is 0 Å². The Bertz CT molecular complexity index is 584. The third-order valence-corrected chi connectivity index (χ3v) is 3.53.